The zero-order valence-electron chi connectivity index (χ0n) is 20.0. The minimum atomic E-state index is -0.120. The number of phenolic OH excluding ortho intramolecular Hbond substituents is 2. The number of fused-ring (bicyclic) bond motifs is 1. The molecular formula is C28H30O6. The molecule has 0 saturated carbocycles. The number of aromatic hydroxyl groups is 2. The smallest absolute Gasteiger partial charge is 0.163 e. The molecule has 1 aliphatic heterocycles. The van der Waals surface area contributed by atoms with Crippen molar-refractivity contribution in [3.05, 3.63) is 75.8 Å². The highest BCUT2D eigenvalue weighted by Crippen LogP contribution is 2.48. The lowest BCUT2D eigenvalue weighted by Gasteiger charge is -2.30. The van der Waals surface area contributed by atoms with Crippen molar-refractivity contribution in [2.24, 2.45) is 0 Å². The summed E-state index contributed by atoms with van der Waals surface area (Å²) in [6.45, 7) is 3.89. The lowest BCUT2D eigenvalue weighted by molar-refractivity contribution is 0.0982. The van der Waals surface area contributed by atoms with E-state index in [0.29, 0.717) is 34.6 Å². The number of carbonyl (C=O) groups is 1. The highest BCUT2D eigenvalue weighted by atomic mass is 16.5. The molecule has 1 aliphatic rings. The highest BCUT2D eigenvalue weighted by molar-refractivity contribution is 5.97. The summed E-state index contributed by atoms with van der Waals surface area (Å²) in [5, 5.41) is 20.8. The first-order valence-electron chi connectivity index (χ1n) is 11.4. The molecule has 2 N–H and O–H groups in total. The van der Waals surface area contributed by atoms with Crippen LogP contribution < -0.4 is 14.2 Å². The van der Waals surface area contributed by atoms with E-state index in [1.54, 1.807) is 13.2 Å². The maximum Gasteiger partial charge on any atom is 0.163 e. The lowest BCUT2D eigenvalue weighted by Crippen LogP contribution is -2.18. The van der Waals surface area contributed by atoms with Crippen molar-refractivity contribution in [3.8, 4) is 28.7 Å². The monoisotopic (exact) mass is 462 g/mol. The van der Waals surface area contributed by atoms with Crippen molar-refractivity contribution in [1.82, 2.24) is 0 Å². The average molecular weight is 463 g/mol. The molecule has 0 amide bonds. The highest BCUT2D eigenvalue weighted by Gasteiger charge is 2.30. The molecular weight excluding hydrogens is 432 g/mol. The van der Waals surface area contributed by atoms with Crippen LogP contribution in [-0.2, 0) is 12.8 Å². The van der Waals surface area contributed by atoms with Gasteiger partial charge in [-0.25, -0.2) is 0 Å². The molecule has 34 heavy (non-hydrogen) atoms. The first kappa shape index (κ1) is 23.5. The molecule has 0 saturated heterocycles. The van der Waals surface area contributed by atoms with Crippen LogP contribution in [0.15, 0.2) is 42.5 Å². The standard InChI is InChI=1S/C28H30O6/c1-16-5-7-18(8-6-16)24-14-11-21-27(34-24)17(2)26(31)20(28(21)33-4)10-13-22(29)19-9-12-23(30)25(15-19)32-3/h5-9,12,15,24,30-31H,10-11,13-14H2,1-4H3. The number of carbonyl (C=O) groups excluding carboxylic acids is 1. The van der Waals surface area contributed by atoms with E-state index < -0.39 is 0 Å². The maximum atomic E-state index is 12.8. The van der Waals surface area contributed by atoms with E-state index in [0.717, 1.165) is 24.0 Å². The van der Waals surface area contributed by atoms with Crippen LogP contribution in [-0.4, -0.2) is 30.2 Å². The summed E-state index contributed by atoms with van der Waals surface area (Å²) in [5.74, 6) is 1.44. The van der Waals surface area contributed by atoms with Crippen molar-refractivity contribution < 1.29 is 29.2 Å². The molecule has 0 bridgehead atoms. The zero-order valence-corrected chi connectivity index (χ0v) is 20.0. The van der Waals surface area contributed by atoms with Crippen LogP contribution in [0.3, 0.4) is 0 Å². The van der Waals surface area contributed by atoms with Crippen molar-refractivity contribution in [2.75, 3.05) is 14.2 Å². The third kappa shape index (κ3) is 4.40. The number of ether oxygens (including phenoxy) is 3. The fraction of sp³-hybridized carbons (Fsp3) is 0.321. The number of hydrogen-bond acceptors (Lipinski definition) is 6. The van der Waals surface area contributed by atoms with Gasteiger partial charge in [0.15, 0.2) is 17.3 Å². The van der Waals surface area contributed by atoms with Gasteiger partial charge in [-0.1, -0.05) is 29.8 Å². The molecule has 6 nitrogen and oxygen atoms in total. The molecule has 178 valence electrons. The summed E-state index contributed by atoms with van der Waals surface area (Å²) in [6.07, 6.45) is 1.93. The van der Waals surface area contributed by atoms with Crippen molar-refractivity contribution in [1.29, 1.82) is 0 Å². The van der Waals surface area contributed by atoms with Crippen molar-refractivity contribution in [3.63, 3.8) is 0 Å². The summed E-state index contributed by atoms with van der Waals surface area (Å²) < 4.78 is 17.2. The van der Waals surface area contributed by atoms with Gasteiger partial charge in [-0.3, -0.25) is 4.79 Å². The maximum absolute atomic E-state index is 12.8. The summed E-state index contributed by atoms with van der Waals surface area (Å²) in [6, 6.07) is 12.8. The number of methoxy groups -OCH3 is 2. The van der Waals surface area contributed by atoms with Crippen molar-refractivity contribution >= 4 is 5.78 Å². The van der Waals surface area contributed by atoms with Gasteiger partial charge in [-0.05, 0) is 56.9 Å². The van der Waals surface area contributed by atoms with Crippen LogP contribution in [0.1, 0.15) is 57.1 Å². The minimum Gasteiger partial charge on any atom is -0.507 e. The molecule has 1 heterocycles. The van der Waals surface area contributed by atoms with E-state index in [1.165, 1.54) is 24.8 Å². The molecule has 1 atom stereocenters. The Balaban J connectivity index is 1.59. The van der Waals surface area contributed by atoms with E-state index in [-0.39, 0.29) is 35.6 Å². The Morgan fingerprint density at radius 1 is 1.06 bits per heavy atom. The first-order valence-corrected chi connectivity index (χ1v) is 11.4. The molecule has 4 rings (SSSR count). The normalized spacial score (nSPS) is 14.8. The molecule has 0 spiro atoms. The Morgan fingerprint density at radius 3 is 2.47 bits per heavy atom. The Labute approximate surface area is 199 Å². The second-order valence-corrected chi connectivity index (χ2v) is 8.66. The number of Topliss-reactive ketones (excluding diaryl/α,β-unsaturated/α-hetero) is 1. The minimum absolute atomic E-state index is 0.0207. The largest absolute Gasteiger partial charge is 0.507 e. The Hall–Kier alpha value is -3.67. The van der Waals surface area contributed by atoms with E-state index in [1.807, 2.05) is 6.92 Å². The Bertz CT molecular complexity index is 1210. The van der Waals surface area contributed by atoms with Gasteiger partial charge in [-0.2, -0.15) is 0 Å². The molecule has 6 heteroatoms. The molecule has 0 aromatic heterocycles. The molecule has 0 radical (unpaired) electrons. The van der Waals surface area contributed by atoms with Gasteiger partial charge in [0, 0.05) is 28.7 Å². The Kier molecular flexibility index (Phi) is 6.68. The Morgan fingerprint density at radius 2 is 1.79 bits per heavy atom. The van der Waals surface area contributed by atoms with Gasteiger partial charge in [0.05, 0.1) is 14.2 Å². The molecule has 3 aromatic carbocycles. The molecule has 3 aromatic rings. The van der Waals surface area contributed by atoms with E-state index in [2.05, 4.69) is 31.2 Å². The number of phenols is 2. The lowest BCUT2D eigenvalue weighted by atomic mass is 9.90. The van der Waals surface area contributed by atoms with E-state index in [9.17, 15) is 15.0 Å². The van der Waals surface area contributed by atoms with Crippen LogP contribution in [0, 0.1) is 13.8 Å². The number of hydrogen-bond donors (Lipinski definition) is 2. The molecule has 0 fully saturated rings. The third-order valence-electron chi connectivity index (χ3n) is 6.48. The molecule has 0 aliphatic carbocycles. The van der Waals surface area contributed by atoms with E-state index in [4.69, 9.17) is 14.2 Å². The fourth-order valence-electron chi connectivity index (χ4n) is 4.54. The van der Waals surface area contributed by atoms with Gasteiger partial charge in [0.1, 0.15) is 23.4 Å². The summed E-state index contributed by atoms with van der Waals surface area (Å²) in [5.41, 5.74) is 4.92. The van der Waals surface area contributed by atoms with Crippen LogP contribution in [0.25, 0.3) is 0 Å². The first-order chi connectivity index (χ1) is 16.3. The summed E-state index contributed by atoms with van der Waals surface area (Å²) in [7, 11) is 3.01. The SMILES string of the molecule is COc1cc(C(=O)CCc2c(O)c(C)c3c(c2OC)CCC(c2ccc(C)cc2)O3)ccc1O. The van der Waals surface area contributed by atoms with Gasteiger partial charge in [0.25, 0.3) is 0 Å². The van der Waals surface area contributed by atoms with Crippen LogP contribution in [0.4, 0.5) is 0 Å². The van der Waals surface area contributed by atoms with Gasteiger partial charge < -0.3 is 24.4 Å². The summed E-state index contributed by atoms with van der Waals surface area (Å²) in [4.78, 5) is 12.8. The number of aryl methyl sites for hydroxylation is 1. The van der Waals surface area contributed by atoms with Crippen molar-refractivity contribution in [2.45, 2.75) is 45.6 Å². The topological polar surface area (TPSA) is 85.2 Å². The molecule has 1 unspecified atom stereocenters. The van der Waals surface area contributed by atoms with Crippen LogP contribution in [0.2, 0.25) is 0 Å². The second-order valence-electron chi connectivity index (χ2n) is 8.66. The number of rotatable bonds is 7. The quantitative estimate of drug-likeness (QED) is 0.444. The number of benzene rings is 3. The average Bonchev–Trinajstić information content (AvgIpc) is 2.85. The summed E-state index contributed by atoms with van der Waals surface area (Å²) >= 11 is 0. The van der Waals surface area contributed by atoms with E-state index >= 15 is 0 Å². The zero-order chi connectivity index (χ0) is 24.4. The van der Waals surface area contributed by atoms with Crippen LogP contribution in [0.5, 0.6) is 28.7 Å². The number of ketones is 1. The second kappa shape index (κ2) is 9.67. The predicted molar refractivity (Wildman–Crippen MR) is 130 cm³/mol. The fourth-order valence-corrected chi connectivity index (χ4v) is 4.54. The van der Waals surface area contributed by atoms with Gasteiger partial charge in [-0.15, -0.1) is 0 Å². The third-order valence-corrected chi connectivity index (χ3v) is 6.48. The van der Waals surface area contributed by atoms with Gasteiger partial charge >= 0.3 is 0 Å². The predicted octanol–water partition coefficient (Wildman–Crippen LogP) is 5.61. The van der Waals surface area contributed by atoms with Crippen LogP contribution >= 0.6 is 0 Å². The van der Waals surface area contributed by atoms with Gasteiger partial charge in [0.2, 0.25) is 0 Å².